The first-order valence-corrected chi connectivity index (χ1v) is 9.58. The molecule has 0 atom stereocenters. The number of benzene rings is 1. The van der Waals surface area contributed by atoms with Gasteiger partial charge in [0.05, 0.1) is 23.5 Å². The summed E-state index contributed by atoms with van der Waals surface area (Å²) < 4.78 is 57.0. The Morgan fingerprint density at radius 1 is 1.23 bits per heavy atom. The number of anilines is 2. The van der Waals surface area contributed by atoms with Gasteiger partial charge in [0.2, 0.25) is 0 Å². The first-order chi connectivity index (χ1) is 14.4. The van der Waals surface area contributed by atoms with Crippen molar-refractivity contribution in [2.24, 2.45) is 5.92 Å². The zero-order chi connectivity index (χ0) is 21.4. The smallest absolute Gasteiger partial charge is 0.312 e. The average molecular weight is 425 g/mol. The van der Waals surface area contributed by atoms with Crippen LogP contribution in [0.1, 0.15) is 35.3 Å². The van der Waals surface area contributed by atoms with Crippen LogP contribution in [0.3, 0.4) is 0 Å². The van der Waals surface area contributed by atoms with E-state index >= 15 is 0 Å². The molecule has 1 amide bonds. The van der Waals surface area contributed by atoms with Crippen LogP contribution >= 0.6 is 0 Å². The first kappa shape index (κ1) is 20.4. The second-order valence-electron chi connectivity index (χ2n) is 7.37. The van der Waals surface area contributed by atoms with E-state index in [4.69, 9.17) is 4.84 Å². The van der Waals surface area contributed by atoms with Crippen LogP contribution in [0.2, 0.25) is 0 Å². The molecular weight excluding hydrogens is 406 g/mol. The van der Waals surface area contributed by atoms with Crippen molar-refractivity contribution in [3.8, 4) is 0 Å². The van der Waals surface area contributed by atoms with Crippen molar-refractivity contribution in [3.05, 3.63) is 57.5 Å². The summed E-state index contributed by atoms with van der Waals surface area (Å²) in [5.41, 5.74) is 0.647. The Morgan fingerprint density at radius 2 is 2.00 bits per heavy atom. The van der Waals surface area contributed by atoms with Gasteiger partial charge < -0.3 is 4.57 Å². The number of rotatable bonds is 7. The van der Waals surface area contributed by atoms with Crippen molar-refractivity contribution < 1.29 is 27.2 Å². The van der Waals surface area contributed by atoms with Crippen molar-refractivity contribution >= 4 is 17.3 Å². The minimum atomic E-state index is -3.30. The molecule has 0 unspecified atom stereocenters. The van der Waals surface area contributed by atoms with E-state index in [2.05, 4.69) is 5.48 Å². The van der Waals surface area contributed by atoms with Gasteiger partial charge in [-0.1, -0.05) is 0 Å². The Kier molecular flexibility index (Phi) is 5.50. The van der Waals surface area contributed by atoms with Crippen LogP contribution in [0.4, 0.5) is 28.9 Å². The quantitative estimate of drug-likeness (QED) is 0.419. The zero-order valence-electron chi connectivity index (χ0n) is 15.8. The molecule has 10 heteroatoms. The van der Waals surface area contributed by atoms with Gasteiger partial charge in [0, 0.05) is 24.4 Å². The summed E-state index contributed by atoms with van der Waals surface area (Å²) in [6.07, 6.45) is 2.85. The summed E-state index contributed by atoms with van der Waals surface area (Å²) in [6.45, 7) is -2.66. The molecule has 1 N–H and O–H groups in total. The molecule has 4 rings (SSSR count). The van der Waals surface area contributed by atoms with Crippen molar-refractivity contribution in [1.29, 1.82) is 0 Å². The topological polar surface area (TPSA) is 63.6 Å². The van der Waals surface area contributed by atoms with Gasteiger partial charge in [-0.15, -0.1) is 0 Å². The molecule has 1 saturated carbocycles. The number of hydrogen-bond donors (Lipinski definition) is 1. The SMILES string of the molecule is O=C(NOCC1CC1)c1c(N(c2ccc(F)cc2F)C(F)F)cc(=O)n2c1CCC2. The Balaban J connectivity index is 1.81. The minimum Gasteiger partial charge on any atom is -0.312 e. The van der Waals surface area contributed by atoms with E-state index in [1.54, 1.807) is 0 Å². The first-order valence-electron chi connectivity index (χ1n) is 9.58. The van der Waals surface area contributed by atoms with E-state index < -0.39 is 41.0 Å². The van der Waals surface area contributed by atoms with Gasteiger partial charge in [-0.25, -0.2) is 14.3 Å². The third-order valence-corrected chi connectivity index (χ3v) is 5.22. The molecule has 6 nitrogen and oxygen atoms in total. The molecule has 0 bridgehead atoms. The highest BCUT2D eigenvalue weighted by Gasteiger charge is 2.32. The normalized spacial score (nSPS) is 15.4. The standard InChI is InChI=1S/C20H19F4N3O3/c21-12-5-6-14(13(22)8-12)27(20(23)24)16-9-17(28)26-7-1-2-15(26)18(16)19(29)25-30-10-11-3-4-11/h5-6,8-9,11,20H,1-4,7,10H2,(H,25,29). The third kappa shape index (κ3) is 3.91. The van der Waals surface area contributed by atoms with Crippen LogP contribution in [-0.4, -0.2) is 23.6 Å². The molecule has 1 aliphatic carbocycles. The van der Waals surface area contributed by atoms with Crippen molar-refractivity contribution in [2.45, 2.75) is 38.8 Å². The van der Waals surface area contributed by atoms with Crippen LogP contribution in [-0.2, 0) is 17.8 Å². The fourth-order valence-corrected chi connectivity index (χ4v) is 3.61. The lowest BCUT2D eigenvalue weighted by molar-refractivity contribution is 0.0269. The van der Waals surface area contributed by atoms with Crippen molar-refractivity contribution in [1.82, 2.24) is 10.0 Å². The summed E-state index contributed by atoms with van der Waals surface area (Å²) in [7, 11) is 0. The number of carbonyl (C=O) groups is 1. The minimum absolute atomic E-state index is 0.188. The lowest BCUT2D eigenvalue weighted by Crippen LogP contribution is -2.34. The van der Waals surface area contributed by atoms with Crippen LogP contribution in [0.15, 0.2) is 29.1 Å². The van der Waals surface area contributed by atoms with Gasteiger partial charge in [-0.3, -0.25) is 19.3 Å². The molecule has 30 heavy (non-hydrogen) atoms. The number of hydrogen-bond acceptors (Lipinski definition) is 4. The maximum absolute atomic E-state index is 14.3. The molecule has 2 heterocycles. The second kappa shape index (κ2) is 8.10. The largest absolute Gasteiger partial charge is 0.319 e. The van der Waals surface area contributed by atoms with Crippen molar-refractivity contribution in [2.75, 3.05) is 11.5 Å². The lowest BCUT2D eigenvalue weighted by atomic mass is 10.1. The lowest BCUT2D eigenvalue weighted by Gasteiger charge is -2.27. The summed E-state index contributed by atoms with van der Waals surface area (Å²) in [6, 6.07) is 3.00. The van der Waals surface area contributed by atoms with E-state index in [-0.39, 0.29) is 16.2 Å². The Hall–Kier alpha value is -2.88. The van der Waals surface area contributed by atoms with Gasteiger partial charge >= 0.3 is 6.55 Å². The van der Waals surface area contributed by atoms with Gasteiger partial charge in [0.25, 0.3) is 11.5 Å². The highest BCUT2D eigenvalue weighted by atomic mass is 19.3. The third-order valence-electron chi connectivity index (χ3n) is 5.22. The van der Waals surface area contributed by atoms with Gasteiger partial charge in [0.1, 0.15) is 11.6 Å². The summed E-state index contributed by atoms with van der Waals surface area (Å²) in [5, 5.41) is 0. The number of hydroxylamine groups is 1. The number of pyridine rings is 1. The predicted molar refractivity (Wildman–Crippen MR) is 99.7 cm³/mol. The molecular formula is C20H19F4N3O3. The molecule has 2 aliphatic rings. The fourth-order valence-electron chi connectivity index (χ4n) is 3.61. The van der Waals surface area contributed by atoms with Crippen LogP contribution in [0, 0.1) is 17.6 Å². The Morgan fingerprint density at radius 3 is 2.67 bits per heavy atom. The average Bonchev–Trinajstić information content (AvgIpc) is 3.37. The van der Waals surface area contributed by atoms with E-state index in [0.29, 0.717) is 38.0 Å². The molecule has 1 aromatic heterocycles. The molecule has 1 aromatic carbocycles. The van der Waals surface area contributed by atoms with Crippen LogP contribution in [0.5, 0.6) is 0 Å². The number of nitrogens with zero attached hydrogens (tertiary/aromatic N) is 2. The molecule has 1 fully saturated rings. The van der Waals surface area contributed by atoms with Crippen LogP contribution in [0.25, 0.3) is 0 Å². The van der Waals surface area contributed by atoms with Gasteiger partial charge in [-0.05, 0) is 43.7 Å². The number of halogens is 4. The van der Waals surface area contributed by atoms with E-state index in [0.717, 1.165) is 31.0 Å². The molecule has 2 aromatic rings. The molecule has 0 saturated heterocycles. The maximum Gasteiger partial charge on any atom is 0.319 e. The van der Waals surface area contributed by atoms with E-state index in [9.17, 15) is 27.2 Å². The summed E-state index contributed by atoms with van der Waals surface area (Å²) in [5.74, 6) is -2.64. The number of alkyl halides is 2. The van der Waals surface area contributed by atoms with Gasteiger partial charge in [-0.2, -0.15) is 8.78 Å². The van der Waals surface area contributed by atoms with E-state index in [1.807, 2.05) is 0 Å². The summed E-state index contributed by atoms with van der Waals surface area (Å²) in [4.78, 5) is 30.8. The summed E-state index contributed by atoms with van der Waals surface area (Å²) >= 11 is 0. The zero-order valence-corrected chi connectivity index (χ0v) is 15.8. The number of nitrogens with one attached hydrogen (secondary N) is 1. The number of aromatic nitrogens is 1. The number of amides is 1. The number of carbonyl (C=O) groups excluding carboxylic acids is 1. The monoisotopic (exact) mass is 425 g/mol. The molecule has 1 aliphatic heterocycles. The van der Waals surface area contributed by atoms with Crippen molar-refractivity contribution in [3.63, 3.8) is 0 Å². The highest BCUT2D eigenvalue weighted by molar-refractivity contribution is 6.01. The fraction of sp³-hybridized carbons (Fsp3) is 0.400. The van der Waals surface area contributed by atoms with E-state index in [1.165, 1.54) is 4.57 Å². The Bertz CT molecular complexity index is 1040. The second-order valence-corrected chi connectivity index (χ2v) is 7.37. The van der Waals surface area contributed by atoms with Crippen LogP contribution < -0.4 is 15.9 Å². The molecule has 0 spiro atoms. The predicted octanol–water partition coefficient (Wildman–Crippen LogP) is 3.50. The maximum atomic E-state index is 14.3. The molecule has 160 valence electrons. The highest BCUT2D eigenvalue weighted by Crippen LogP contribution is 2.36. The Labute approximate surface area is 169 Å². The number of fused-ring (bicyclic) bond motifs is 1. The molecule has 0 radical (unpaired) electrons. The van der Waals surface area contributed by atoms with Gasteiger partial charge in [0.15, 0.2) is 0 Å².